The Bertz CT molecular complexity index is 542. The van der Waals surface area contributed by atoms with Crippen LogP contribution in [0.2, 0.25) is 0 Å². The average molecular weight is 280 g/mol. The lowest BCUT2D eigenvalue weighted by Gasteiger charge is -2.20. The number of carbonyl (C=O) groups is 2. The Balaban J connectivity index is 3.09. The Morgan fingerprint density at radius 2 is 2.05 bits per heavy atom. The number of nitro groups is 1. The number of nitro benzene ring substituents is 1. The van der Waals surface area contributed by atoms with Gasteiger partial charge in [-0.1, -0.05) is 12.1 Å². The van der Waals surface area contributed by atoms with Crippen molar-refractivity contribution in [2.75, 3.05) is 13.1 Å². The highest BCUT2D eigenvalue weighted by Gasteiger charge is 2.25. The van der Waals surface area contributed by atoms with E-state index in [1.807, 2.05) is 0 Å². The Kier molecular flexibility index (Phi) is 5.19. The minimum Gasteiger partial charge on any atom is -0.481 e. The summed E-state index contributed by atoms with van der Waals surface area (Å²) in [6.07, 6.45) is -0.195. The fourth-order valence-corrected chi connectivity index (χ4v) is 1.88. The predicted octanol–water partition coefficient (Wildman–Crippen LogP) is 1.84. The zero-order valence-electron chi connectivity index (χ0n) is 11.3. The number of amides is 1. The lowest BCUT2D eigenvalue weighted by atomic mass is 10.1. The first kappa shape index (κ1) is 15.6. The highest BCUT2D eigenvalue weighted by Crippen LogP contribution is 2.24. The number of para-hydroxylation sites is 1. The Labute approximate surface area is 116 Å². The van der Waals surface area contributed by atoms with E-state index in [4.69, 9.17) is 5.11 Å². The van der Waals surface area contributed by atoms with Gasteiger partial charge in [-0.15, -0.1) is 0 Å². The van der Waals surface area contributed by atoms with E-state index < -0.39 is 16.8 Å². The third-order valence-corrected chi connectivity index (χ3v) is 2.92. The van der Waals surface area contributed by atoms with Crippen molar-refractivity contribution in [1.29, 1.82) is 0 Å². The number of rotatable bonds is 6. The highest BCUT2D eigenvalue weighted by molar-refractivity contribution is 5.98. The third-order valence-electron chi connectivity index (χ3n) is 2.92. The first-order valence-corrected chi connectivity index (χ1v) is 6.13. The molecule has 0 heterocycles. The number of carboxylic acid groups (broad SMARTS) is 1. The van der Waals surface area contributed by atoms with Crippen LogP contribution in [0, 0.1) is 17.0 Å². The van der Waals surface area contributed by atoms with Crippen molar-refractivity contribution in [1.82, 2.24) is 4.90 Å². The molecule has 0 aliphatic carbocycles. The molecule has 0 saturated carbocycles. The first-order chi connectivity index (χ1) is 9.38. The zero-order valence-corrected chi connectivity index (χ0v) is 11.3. The summed E-state index contributed by atoms with van der Waals surface area (Å²) >= 11 is 0. The molecule has 0 saturated heterocycles. The van der Waals surface area contributed by atoms with Gasteiger partial charge in [0.1, 0.15) is 5.56 Å². The van der Waals surface area contributed by atoms with Crippen molar-refractivity contribution < 1.29 is 19.6 Å². The molecule has 7 heteroatoms. The third kappa shape index (κ3) is 3.53. The van der Waals surface area contributed by atoms with Crippen LogP contribution >= 0.6 is 0 Å². The van der Waals surface area contributed by atoms with Crippen LogP contribution in [0.15, 0.2) is 18.2 Å². The molecule has 0 fully saturated rings. The molecule has 0 aliphatic heterocycles. The number of hydrogen-bond acceptors (Lipinski definition) is 4. The van der Waals surface area contributed by atoms with Crippen LogP contribution in [0.25, 0.3) is 0 Å². The van der Waals surface area contributed by atoms with Crippen molar-refractivity contribution in [3.05, 3.63) is 39.4 Å². The topological polar surface area (TPSA) is 101 Å². The lowest BCUT2D eigenvalue weighted by Crippen LogP contribution is -2.33. The van der Waals surface area contributed by atoms with Crippen molar-refractivity contribution in [3.63, 3.8) is 0 Å². The van der Waals surface area contributed by atoms with E-state index in [1.165, 1.54) is 11.0 Å². The molecular formula is C13H16N2O5. The maximum Gasteiger partial charge on any atom is 0.305 e. The van der Waals surface area contributed by atoms with Crippen LogP contribution < -0.4 is 0 Å². The number of aryl methyl sites for hydroxylation is 1. The van der Waals surface area contributed by atoms with Crippen molar-refractivity contribution in [2.24, 2.45) is 0 Å². The van der Waals surface area contributed by atoms with Gasteiger partial charge in [0.05, 0.1) is 11.3 Å². The minimum atomic E-state index is -1.02. The Morgan fingerprint density at radius 3 is 2.55 bits per heavy atom. The van der Waals surface area contributed by atoms with Gasteiger partial charge in [-0.3, -0.25) is 19.7 Å². The van der Waals surface area contributed by atoms with Gasteiger partial charge in [-0.25, -0.2) is 0 Å². The number of aliphatic carboxylic acids is 1. The predicted molar refractivity (Wildman–Crippen MR) is 71.7 cm³/mol. The summed E-state index contributed by atoms with van der Waals surface area (Å²) in [6, 6.07) is 4.51. The lowest BCUT2D eigenvalue weighted by molar-refractivity contribution is -0.385. The van der Waals surface area contributed by atoms with E-state index in [-0.39, 0.29) is 30.8 Å². The zero-order chi connectivity index (χ0) is 15.3. The molecule has 1 amide bonds. The fourth-order valence-electron chi connectivity index (χ4n) is 1.88. The summed E-state index contributed by atoms with van der Waals surface area (Å²) in [5.74, 6) is -1.54. The second-order valence-electron chi connectivity index (χ2n) is 4.26. The SMILES string of the molecule is CCN(CCC(=O)O)C(=O)c1cccc(C)c1[N+](=O)[O-]. The largest absolute Gasteiger partial charge is 0.481 e. The first-order valence-electron chi connectivity index (χ1n) is 6.13. The van der Waals surface area contributed by atoms with Gasteiger partial charge in [0.25, 0.3) is 11.6 Å². The maximum absolute atomic E-state index is 12.3. The minimum absolute atomic E-state index is 0.0118. The molecule has 1 aromatic carbocycles. The molecule has 0 radical (unpaired) electrons. The molecule has 20 heavy (non-hydrogen) atoms. The monoisotopic (exact) mass is 280 g/mol. The van der Waals surface area contributed by atoms with E-state index in [2.05, 4.69) is 0 Å². The van der Waals surface area contributed by atoms with E-state index in [0.29, 0.717) is 5.56 Å². The molecule has 0 aliphatic rings. The van der Waals surface area contributed by atoms with Crippen LogP contribution in [0.3, 0.4) is 0 Å². The van der Waals surface area contributed by atoms with Gasteiger partial charge in [-0.2, -0.15) is 0 Å². The highest BCUT2D eigenvalue weighted by atomic mass is 16.6. The second kappa shape index (κ2) is 6.65. The van der Waals surface area contributed by atoms with Crippen molar-refractivity contribution in [2.45, 2.75) is 20.3 Å². The van der Waals surface area contributed by atoms with Gasteiger partial charge < -0.3 is 10.0 Å². The summed E-state index contributed by atoms with van der Waals surface area (Å²) in [7, 11) is 0. The number of hydrogen-bond donors (Lipinski definition) is 1. The molecule has 0 atom stereocenters. The molecule has 108 valence electrons. The van der Waals surface area contributed by atoms with Crippen LogP contribution in [-0.4, -0.2) is 39.9 Å². The van der Waals surface area contributed by atoms with Gasteiger partial charge in [-0.05, 0) is 19.9 Å². The van der Waals surface area contributed by atoms with Crippen LogP contribution in [-0.2, 0) is 4.79 Å². The molecule has 7 nitrogen and oxygen atoms in total. The summed E-state index contributed by atoms with van der Waals surface area (Å²) in [4.78, 5) is 34.6. The van der Waals surface area contributed by atoms with Crippen molar-refractivity contribution >= 4 is 17.6 Å². The van der Waals surface area contributed by atoms with Crippen molar-refractivity contribution in [3.8, 4) is 0 Å². The quantitative estimate of drug-likeness (QED) is 0.633. The summed E-state index contributed by atoms with van der Waals surface area (Å²) in [6.45, 7) is 3.57. The standard InChI is InChI=1S/C13H16N2O5/c1-3-14(8-7-11(16)17)13(18)10-6-4-5-9(2)12(10)15(19)20/h4-6H,3,7-8H2,1-2H3,(H,16,17). The number of carboxylic acids is 1. The normalized spacial score (nSPS) is 10.1. The Hall–Kier alpha value is -2.44. The molecule has 0 unspecified atom stereocenters. The number of nitrogens with zero attached hydrogens (tertiary/aromatic N) is 2. The van der Waals surface area contributed by atoms with Gasteiger partial charge >= 0.3 is 5.97 Å². The summed E-state index contributed by atoms with van der Waals surface area (Å²) in [5.41, 5.74) is 0.156. The van der Waals surface area contributed by atoms with E-state index in [9.17, 15) is 19.7 Å². The Morgan fingerprint density at radius 1 is 1.40 bits per heavy atom. The molecular weight excluding hydrogens is 264 g/mol. The van der Waals surface area contributed by atoms with Gasteiger partial charge in [0, 0.05) is 18.7 Å². The van der Waals surface area contributed by atoms with E-state index in [1.54, 1.807) is 26.0 Å². The number of carbonyl (C=O) groups excluding carboxylic acids is 1. The maximum atomic E-state index is 12.3. The average Bonchev–Trinajstić information content (AvgIpc) is 2.38. The van der Waals surface area contributed by atoms with Crippen LogP contribution in [0.5, 0.6) is 0 Å². The molecule has 0 spiro atoms. The molecule has 1 N–H and O–H groups in total. The van der Waals surface area contributed by atoms with E-state index in [0.717, 1.165) is 0 Å². The van der Waals surface area contributed by atoms with Crippen LogP contribution in [0.4, 0.5) is 5.69 Å². The summed E-state index contributed by atoms with van der Waals surface area (Å²) in [5, 5.41) is 19.7. The van der Waals surface area contributed by atoms with E-state index >= 15 is 0 Å². The molecule has 1 rings (SSSR count). The van der Waals surface area contributed by atoms with Crippen LogP contribution in [0.1, 0.15) is 29.3 Å². The van der Waals surface area contributed by atoms with Gasteiger partial charge in [0.2, 0.25) is 0 Å². The fraction of sp³-hybridized carbons (Fsp3) is 0.385. The number of benzene rings is 1. The smallest absolute Gasteiger partial charge is 0.305 e. The van der Waals surface area contributed by atoms with Gasteiger partial charge in [0.15, 0.2) is 0 Å². The summed E-state index contributed by atoms with van der Waals surface area (Å²) < 4.78 is 0. The second-order valence-corrected chi connectivity index (χ2v) is 4.26. The molecule has 0 aromatic heterocycles. The molecule has 0 bridgehead atoms. The molecule has 1 aromatic rings.